The number of methoxy groups -OCH3 is 1. The fraction of sp³-hybridized carbons (Fsp3) is 0.364. The highest BCUT2D eigenvalue weighted by molar-refractivity contribution is 7.91. The first-order valence-corrected chi connectivity index (χ1v) is 7.10. The second-order valence-electron chi connectivity index (χ2n) is 4.04. The van der Waals surface area contributed by atoms with Crippen LogP contribution in [0.5, 0.6) is 11.5 Å². The third kappa shape index (κ3) is 4.84. The van der Waals surface area contributed by atoms with Gasteiger partial charge in [0.05, 0.1) is 18.9 Å². The first kappa shape index (κ1) is 15.9. The zero-order valence-corrected chi connectivity index (χ0v) is 12.0. The molecule has 1 aromatic rings. The summed E-state index contributed by atoms with van der Waals surface area (Å²) in [6.07, 6.45) is -1.58. The minimum absolute atomic E-state index is 0.130. The molecule has 0 atom stereocenters. The number of phenols is 1. The van der Waals surface area contributed by atoms with Gasteiger partial charge in [0.25, 0.3) is 0 Å². The van der Waals surface area contributed by atoms with E-state index in [2.05, 4.69) is 4.74 Å². The van der Waals surface area contributed by atoms with Crippen LogP contribution in [0.25, 0.3) is 0 Å². The molecule has 0 aliphatic rings. The zero-order valence-electron chi connectivity index (χ0n) is 11.2. The number of hydrogen-bond acceptors (Lipinski definition) is 6. The van der Waals surface area contributed by atoms with E-state index >= 15 is 0 Å². The molecule has 0 heterocycles. The molecular formula is C11H16N2O6S. The van der Waals surface area contributed by atoms with Crippen molar-refractivity contribution in [1.82, 2.24) is 4.72 Å². The summed E-state index contributed by atoms with van der Waals surface area (Å²) in [6, 6.07) is 3.97. The number of amides is 1. The van der Waals surface area contributed by atoms with E-state index in [9.17, 15) is 18.3 Å². The summed E-state index contributed by atoms with van der Waals surface area (Å²) >= 11 is 0. The normalized spacial score (nSPS) is 11.0. The zero-order chi connectivity index (χ0) is 15.3. The standard InChI is InChI=1S/C11H16N2O6S/c1-7(2)19-11(15)13-20(16,17)12-9-6-8(18-3)4-5-10(9)14/h4-7,12,14H,1-3H3,(H,13,15). The van der Waals surface area contributed by atoms with Gasteiger partial charge < -0.3 is 14.6 Å². The van der Waals surface area contributed by atoms with Crippen LogP contribution in [0.15, 0.2) is 18.2 Å². The van der Waals surface area contributed by atoms with Gasteiger partial charge in [-0.3, -0.25) is 4.72 Å². The van der Waals surface area contributed by atoms with Gasteiger partial charge in [0.2, 0.25) is 0 Å². The van der Waals surface area contributed by atoms with E-state index < -0.39 is 22.4 Å². The van der Waals surface area contributed by atoms with Gasteiger partial charge in [-0.05, 0) is 26.0 Å². The molecule has 0 aromatic heterocycles. The maximum absolute atomic E-state index is 11.7. The van der Waals surface area contributed by atoms with Gasteiger partial charge in [-0.15, -0.1) is 0 Å². The van der Waals surface area contributed by atoms with E-state index in [4.69, 9.17) is 4.74 Å². The number of rotatable bonds is 5. The van der Waals surface area contributed by atoms with E-state index in [1.54, 1.807) is 18.6 Å². The maximum atomic E-state index is 11.7. The van der Waals surface area contributed by atoms with Crippen LogP contribution in [-0.4, -0.2) is 32.8 Å². The van der Waals surface area contributed by atoms with Crippen LogP contribution in [0.3, 0.4) is 0 Å². The molecule has 112 valence electrons. The molecule has 0 unspecified atom stereocenters. The molecule has 0 fully saturated rings. The molecule has 1 amide bonds. The summed E-state index contributed by atoms with van der Waals surface area (Å²) in [7, 11) is -2.83. The van der Waals surface area contributed by atoms with E-state index in [1.807, 2.05) is 4.72 Å². The van der Waals surface area contributed by atoms with Crippen LogP contribution in [0.4, 0.5) is 10.5 Å². The topological polar surface area (TPSA) is 114 Å². The molecule has 8 nitrogen and oxygen atoms in total. The number of aromatic hydroxyl groups is 1. The van der Waals surface area contributed by atoms with Gasteiger partial charge in [0, 0.05) is 6.07 Å². The average molecular weight is 304 g/mol. The van der Waals surface area contributed by atoms with Crippen molar-refractivity contribution >= 4 is 22.0 Å². The van der Waals surface area contributed by atoms with Crippen molar-refractivity contribution in [1.29, 1.82) is 0 Å². The van der Waals surface area contributed by atoms with Crippen LogP contribution in [-0.2, 0) is 14.9 Å². The number of phenolic OH excluding ortho intramolecular Hbond substituents is 1. The van der Waals surface area contributed by atoms with Gasteiger partial charge in [0.1, 0.15) is 11.5 Å². The number of carbonyl (C=O) groups is 1. The number of carbonyl (C=O) groups excluding carboxylic acids is 1. The molecule has 0 radical (unpaired) electrons. The molecule has 0 saturated carbocycles. The molecule has 0 aliphatic carbocycles. The largest absolute Gasteiger partial charge is 0.506 e. The SMILES string of the molecule is COc1ccc(O)c(NS(=O)(=O)NC(=O)OC(C)C)c1. The summed E-state index contributed by atoms with van der Waals surface area (Å²) in [6.45, 7) is 3.15. The molecule has 0 saturated heterocycles. The molecular weight excluding hydrogens is 288 g/mol. The number of hydrogen-bond donors (Lipinski definition) is 3. The molecule has 1 rings (SSSR count). The summed E-state index contributed by atoms with van der Waals surface area (Å²) in [4.78, 5) is 11.2. The van der Waals surface area contributed by atoms with E-state index in [0.717, 1.165) is 0 Å². The van der Waals surface area contributed by atoms with Crippen LogP contribution >= 0.6 is 0 Å². The molecule has 0 bridgehead atoms. The van der Waals surface area contributed by atoms with Crippen LogP contribution in [0.2, 0.25) is 0 Å². The van der Waals surface area contributed by atoms with Crippen molar-refractivity contribution in [2.24, 2.45) is 0 Å². The Kier molecular flexibility index (Phi) is 5.03. The van der Waals surface area contributed by atoms with Crippen molar-refractivity contribution < 1.29 is 27.8 Å². The highest BCUT2D eigenvalue weighted by Gasteiger charge is 2.18. The minimum Gasteiger partial charge on any atom is -0.506 e. The van der Waals surface area contributed by atoms with Crippen molar-refractivity contribution in [3.63, 3.8) is 0 Å². The van der Waals surface area contributed by atoms with Crippen molar-refractivity contribution in [3.8, 4) is 11.5 Å². The second-order valence-corrected chi connectivity index (χ2v) is 5.46. The monoisotopic (exact) mass is 304 g/mol. The summed E-state index contributed by atoms with van der Waals surface area (Å²) in [5.74, 6) is 0.0265. The maximum Gasteiger partial charge on any atom is 0.422 e. The smallest absolute Gasteiger partial charge is 0.422 e. The van der Waals surface area contributed by atoms with E-state index in [-0.39, 0.29) is 11.4 Å². The highest BCUT2D eigenvalue weighted by Crippen LogP contribution is 2.28. The predicted octanol–water partition coefficient (Wildman–Crippen LogP) is 1.19. The van der Waals surface area contributed by atoms with E-state index in [0.29, 0.717) is 5.75 Å². The lowest BCUT2D eigenvalue weighted by Crippen LogP contribution is -2.36. The molecule has 0 aliphatic heterocycles. The molecule has 0 spiro atoms. The molecule has 3 N–H and O–H groups in total. The fourth-order valence-corrected chi connectivity index (χ4v) is 2.01. The highest BCUT2D eigenvalue weighted by atomic mass is 32.2. The summed E-state index contributed by atoms with van der Waals surface area (Å²) in [5, 5.41) is 9.55. The van der Waals surface area contributed by atoms with Crippen molar-refractivity contribution in [3.05, 3.63) is 18.2 Å². The Bertz CT molecular complexity index is 585. The van der Waals surface area contributed by atoms with Crippen molar-refractivity contribution in [2.75, 3.05) is 11.8 Å². The summed E-state index contributed by atoms with van der Waals surface area (Å²) in [5.41, 5.74) is -0.130. The fourth-order valence-electron chi connectivity index (χ4n) is 1.24. The van der Waals surface area contributed by atoms with Crippen LogP contribution in [0, 0.1) is 0 Å². The average Bonchev–Trinajstić information content (AvgIpc) is 2.29. The second kappa shape index (κ2) is 6.33. The lowest BCUT2D eigenvalue weighted by Gasteiger charge is -2.12. The molecule has 1 aromatic carbocycles. The Morgan fingerprint density at radius 1 is 1.35 bits per heavy atom. The third-order valence-electron chi connectivity index (χ3n) is 2.01. The lowest BCUT2D eigenvalue weighted by molar-refractivity contribution is 0.121. The number of benzene rings is 1. The first-order valence-electron chi connectivity index (χ1n) is 5.61. The van der Waals surface area contributed by atoms with Crippen LogP contribution < -0.4 is 14.2 Å². The Balaban J connectivity index is 2.83. The van der Waals surface area contributed by atoms with Crippen LogP contribution in [0.1, 0.15) is 13.8 Å². The Morgan fingerprint density at radius 3 is 2.55 bits per heavy atom. The number of anilines is 1. The third-order valence-corrected chi connectivity index (χ3v) is 2.93. The van der Waals surface area contributed by atoms with Gasteiger partial charge in [-0.2, -0.15) is 8.42 Å². The minimum atomic E-state index is -4.22. The predicted molar refractivity (Wildman–Crippen MR) is 72.0 cm³/mol. The Hall–Kier alpha value is -2.16. The van der Waals surface area contributed by atoms with Gasteiger partial charge in [0.15, 0.2) is 0 Å². The Morgan fingerprint density at radius 2 is 2.00 bits per heavy atom. The number of nitrogens with one attached hydrogen (secondary N) is 2. The first-order chi connectivity index (χ1) is 9.23. The molecule has 9 heteroatoms. The Labute approximate surface area is 116 Å². The number of ether oxygens (including phenoxy) is 2. The van der Waals surface area contributed by atoms with Gasteiger partial charge >= 0.3 is 16.3 Å². The lowest BCUT2D eigenvalue weighted by atomic mass is 10.3. The quantitative estimate of drug-likeness (QED) is 0.704. The molecule has 20 heavy (non-hydrogen) atoms. The van der Waals surface area contributed by atoms with Crippen molar-refractivity contribution in [2.45, 2.75) is 20.0 Å². The van der Waals surface area contributed by atoms with Gasteiger partial charge in [-0.25, -0.2) is 9.52 Å². The summed E-state index contributed by atoms with van der Waals surface area (Å²) < 4.78 is 36.5. The van der Waals surface area contributed by atoms with E-state index in [1.165, 1.54) is 25.3 Å². The van der Waals surface area contributed by atoms with Gasteiger partial charge in [-0.1, -0.05) is 0 Å².